The number of nitrogen functional groups attached to an aromatic ring is 1. The van der Waals surface area contributed by atoms with Gasteiger partial charge in [0.1, 0.15) is 12.4 Å². The van der Waals surface area contributed by atoms with Crippen molar-refractivity contribution >= 4 is 16.9 Å². The van der Waals surface area contributed by atoms with E-state index in [0.717, 1.165) is 33.3 Å². The van der Waals surface area contributed by atoms with Gasteiger partial charge in [0.05, 0.1) is 17.0 Å². The maximum absolute atomic E-state index is 6.12. The van der Waals surface area contributed by atoms with Gasteiger partial charge >= 0.3 is 0 Å². The highest BCUT2D eigenvalue weighted by Crippen LogP contribution is 2.34. The first kappa shape index (κ1) is 18.7. The fraction of sp³-hybridized carbons (Fsp3) is 0.167. The molecule has 1 heterocycles. The number of nitrogens with two attached hydrogens (primary N) is 1. The van der Waals surface area contributed by atoms with Crippen LogP contribution in [0.1, 0.15) is 19.4 Å². The molecule has 1 aromatic heterocycles. The van der Waals surface area contributed by atoms with Crippen molar-refractivity contribution in [2.45, 2.75) is 26.6 Å². The van der Waals surface area contributed by atoms with Crippen molar-refractivity contribution in [3.05, 3.63) is 78.4 Å². The first-order valence-electron chi connectivity index (χ1n) is 9.60. The highest BCUT2D eigenvalue weighted by molar-refractivity contribution is 5.89. The summed E-state index contributed by atoms with van der Waals surface area (Å²) in [4.78, 5) is 8.62. The summed E-state index contributed by atoms with van der Waals surface area (Å²) in [5.41, 5.74) is 9.72. The third kappa shape index (κ3) is 4.29. The first-order valence-corrected chi connectivity index (χ1v) is 9.60. The van der Waals surface area contributed by atoms with Crippen LogP contribution in [0.2, 0.25) is 0 Å². The standard InChI is InChI=1S/C24H23N3O2/c1-16(2)29-23-20-14-18(12-13-21(20)26-24(25)27-23)19-10-6-7-11-22(19)28-15-17-8-4-3-5-9-17/h3-14,16H,15H2,1-2H3,(H2,25,26,27). The molecule has 0 radical (unpaired) electrons. The first-order chi connectivity index (χ1) is 14.1. The quantitative estimate of drug-likeness (QED) is 0.491. The molecule has 0 spiro atoms. The second kappa shape index (κ2) is 8.19. The van der Waals surface area contributed by atoms with Crippen molar-refractivity contribution in [1.82, 2.24) is 9.97 Å². The summed E-state index contributed by atoms with van der Waals surface area (Å²) >= 11 is 0. The Morgan fingerprint density at radius 3 is 2.45 bits per heavy atom. The van der Waals surface area contributed by atoms with E-state index in [2.05, 4.69) is 22.1 Å². The Labute approximate surface area is 170 Å². The van der Waals surface area contributed by atoms with E-state index in [1.165, 1.54) is 0 Å². The molecule has 0 unspecified atom stereocenters. The monoisotopic (exact) mass is 385 g/mol. The Kier molecular flexibility index (Phi) is 5.29. The van der Waals surface area contributed by atoms with Crippen LogP contribution in [0.3, 0.4) is 0 Å². The smallest absolute Gasteiger partial charge is 0.226 e. The number of nitrogens with zero attached hydrogens (tertiary/aromatic N) is 2. The zero-order valence-corrected chi connectivity index (χ0v) is 16.5. The van der Waals surface area contributed by atoms with Gasteiger partial charge in [-0.05, 0) is 43.2 Å². The lowest BCUT2D eigenvalue weighted by atomic mass is 10.0. The van der Waals surface area contributed by atoms with E-state index in [4.69, 9.17) is 15.2 Å². The average molecular weight is 385 g/mol. The summed E-state index contributed by atoms with van der Waals surface area (Å²) in [6.45, 7) is 4.42. The van der Waals surface area contributed by atoms with E-state index in [9.17, 15) is 0 Å². The molecule has 5 heteroatoms. The zero-order valence-electron chi connectivity index (χ0n) is 16.5. The predicted octanol–water partition coefficient (Wildman–Crippen LogP) is 5.25. The number of hydrogen-bond acceptors (Lipinski definition) is 5. The third-order valence-corrected chi connectivity index (χ3v) is 4.46. The molecule has 0 fully saturated rings. The average Bonchev–Trinajstić information content (AvgIpc) is 2.72. The summed E-state index contributed by atoms with van der Waals surface area (Å²) in [6, 6.07) is 24.1. The second-order valence-corrected chi connectivity index (χ2v) is 7.06. The summed E-state index contributed by atoms with van der Waals surface area (Å²) in [5.74, 6) is 1.51. The van der Waals surface area contributed by atoms with Gasteiger partial charge in [0, 0.05) is 5.56 Å². The van der Waals surface area contributed by atoms with Crippen LogP contribution in [0.5, 0.6) is 11.6 Å². The van der Waals surface area contributed by atoms with Crippen molar-refractivity contribution in [2.24, 2.45) is 0 Å². The van der Waals surface area contributed by atoms with Gasteiger partial charge in [-0.15, -0.1) is 0 Å². The van der Waals surface area contributed by atoms with Crippen LogP contribution in [-0.4, -0.2) is 16.1 Å². The summed E-state index contributed by atoms with van der Waals surface area (Å²) < 4.78 is 12.0. The third-order valence-electron chi connectivity index (χ3n) is 4.46. The minimum absolute atomic E-state index is 0.0161. The van der Waals surface area contributed by atoms with Gasteiger partial charge in [0.2, 0.25) is 11.8 Å². The summed E-state index contributed by atoms with van der Waals surface area (Å²) in [7, 11) is 0. The second-order valence-electron chi connectivity index (χ2n) is 7.06. The number of benzene rings is 3. The lowest BCUT2D eigenvalue weighted by Crippen LogP contribution is -2.09. The fourth-order valence-electron chi connectivity index (χ4n) is 3.16. The van der Waals surface area contributed by atoms with E-state index in [1.54, 1.807) is 0 Å². The minimum Gasteiger partial charge on any atom is -0.488 e. The van der Waals surface area contributed by atoms with Crippen molar-refractivity contribution in [2.75, 3.05) is 5.73 Å². The highest BCUT2D eigenvalue weighted by Gasteiger charge is 2.13. The zero-order chi connectivity index (χ0) is 20.2. The Balaban J connectivity index is 1.72. The van der Waals surface area contributed by atoms with Crippen LogP contribution in [0.15, 0.2) is 72.8 Å². The number of hydrogen-bond donors (Lipinski definition) is 1. The molecule has 0 saturated carbocycles. The van der Waals surface area contributed by atoms with Gasteiger partial charge in [-0.1, -0.05) is 54.6 Å². The molecular formula is C24H23N3O2. The fourth-order valence-corrected chi connectivity index (χ4v) is 3.16. The van der Waals surface area contributed by atoms with Crippen LogP contribution in [-0.2, 0) is 6.61 Å². The normalized spacial score (nSPS) is 11.0. The molecule has 29 heavy (non-hydrogen) atoms. The SMILES string of the molecule is CC(C)Oc1nc(N)nc2ccc(-c3ccccc3OCc3ccccc3)cc12. The molecule has 146 valence electrons. The highest BCUT2D eigenvalue weighted by atomic mass is 16.5. The van der Waals surface area contributed by atoms with Gasteiger partial charge in [-0.25, -0.2) is 4.98 Å². The molecule has 4 rings (SSSR count). The van der Waals surface area contributed by atoms with Crippen LogP contribution in [0, 0.1) is 0 Å². The minimum atomic E-state index is -0.0161. The molecule has 2 N–H and O–H groups in total. The Hall–Kier alpha value is -3.60. The van der Waals surface area contributed by atoms with Gasteiger partial charge in [0.25, 0.3) is 0 Å². The topological polar surface area (TPSA) is 70.3 Å². The number of aromatic nitrogens is 2. The molecule has 0 amide bonds. The molecule has 5 nitrogen and oxygen atoms in total. The molecular weight excluding hydrogens is 362 g/mol. The van der Waals surface area contributed by atoms with E-state index in [-0.39, 0.29) is 12.1 Å². The Morgan fingerprint density at radius 2 is 1.66 bits per heavy atom. The number of fused-ring (bicyclic) bond motifs is 1. The lowest BCUT2D eigenvalue weighted by Gasteiger charge is -2.14. The molecule has 0 aliphatic rings. The van der Waals surface area contributed by atoms with Gasteiger partial charge in [0.15, 0.2) is 0 Å². The van der Waals surface area contributed by atoms with Gasteiger partial charge in [-0.3, -0.25) is 0 Å². The largest absolute Gasteiger partial charge is 0.488 e. The number of ether oxygens (including phenoxy) is 2. The molecule has 3 aromatic carbocycles. The van der Waals surface area contributed by atoms with Crippen LogP contribution >= 0.6 is 0 Å². The lowest BCUT2D eigenvalue weighted by molar-refractivity contribution is 0.236. The molecule has 0 saturated heterocycles. The maximum Gasteiger partial charge on any atom is 0.226 e. The maximum atomic E-state index is 6.12. The van der Waals surface area contributed by atoms with Crippen molar-refractivity contribution < 1.29 is 9.47 Å². The van der Waals surface area contributed by atoms with Crippen molar-refractivity contribution in [3.63, 3.8) is 0 Å². The Morgan fingerprint density at radius 1 is 0.897 bits per heavy atom. The molecule has 0 aliphatic heterocycles. The van der Waals surface area contributed by atoms with E-state index in [0.29, 0.717) is 12.5 Å². The molecule has 4 aromatic rings. The van der Waals surface area contributed by atoms with Crippen molar-refractivity contribution in [1.29, 1.82) is 0 Å². The van der Waals surface area contributed by atoms with Crippen LogP contribution in [0.4, 0.5) is 5.95 Å². The number of para-hydroxylation sites is 1. The van der Waals surface area contributed by atoms with E-state index < -0.39 is 0 Å². The molecule has 0 atom stereocenters. The predicted molar refractivity (Wildman–Crippen MR) is 116 cm³/mol. The number of rotatable bonds is 6. The Bertz CT molecular complexity index is 1130. The molecule has 0 aliphatic carbocycles. The molecule has 0 bridgehead atoms. The number of anilines is 1. The summed E-state index contributed by atoms with van der Waals surface area (Å²) in [5, 5.41) is 0.822. The van der Waals surface area contributed by atoms with Crippen LogP contribution < -0.4 is 15.2 Å². The van der Waals surface area contributed by atoms with E-state index in [1.807, 2.05) is 74.5 Å². The van der Waals surface area contributed by atoms with E-state index >= 15 is 0 Å². The van der Waals surface area contributed by atoms with Gasteiger partial charge < -0.3 is 15.2 Å². The summed E-state index contributed by atoms with van der Waals surface area (Å²) in [6.07, 6.45) is -0.0161. The van der Waals surface area contributed by atoms with Crippen molar-refractivity contribution in [3.8, 4) is 22.8 Å². The van der Waals surface area contributed by atoms with Crippen LogP contribution in [0.25, 0.3) is 22.0 Å². The van der Waals surface area contributed by atoms with Gasteiger partial charge in [-0.2, -0.15) is 4.98 Å².